The summed E-state index contributed by atoms with van der Waals surface area (Å²) in [7, 11) is 0. The lowest BCUT2D eigenvalue weighted by Crippen LogP contribution is -2.30. The number of aromatic nitrogens is 1. The molecule has 2 heterocycles. The van der Waals surface area contributed by atoms with Gasteiger partial charge in [0.2, 0.25) is 0 Å². The smallest absolute Gasteiger partial charge is 0.405 e. The number of rotatable bonds is 1. The molecule has 6 nitrogen and oxygen atoms in total. The Kier molecular flexibility index (Phi) is 6.85. The first kappa shape index (κ1) is 16.7. The number of hydrogen-bond donors (Lipinski definition) is 2. The minimum atomic E-state index is -0.823. The molecule has 1 aliphatic rings. The minimum Gasteiger partial charge on any atom is -0.437 e. The van der Waals surface area contributed by atoms with Gasteiger partial charge in [-0.1, -0.05) is 30.0 Å². The molecule has 1 saturated heterocycles. The van der Waals surface area contributed by atoms with E-state index < -0.39 is 6.09 Å². The first-order chi connectivity index (χ1) is 11.3. The maximum atomic E-state index is 10.3. The van der Waals surface area contributed by atoms with Gasteiger partial charge in [0.15, 0.2) is 6.61 Å². The Labute approximate surface area is 135 Å². The number of nitrogens with zero attached hydrogens (tertiary/aromatic N) is 1. The van der Waals surface area contributed by atoms with Gasteiger partial charge in [-0.3, -0.25) is 4.98 Å². The van der Waals surface area contributed by atoms with Crippen LogP contribution < -0.4 is 11.1 Å². The van der Waals surface area contributed by atoms with Crippen molar-refractivity contribution in [3.63, 3.8) is 0 Å². The molecule has 0 radical (unpaired) electrons. The van der Waals surface area contributed by atoms with E-state index in [1.165, 1.54) is 0 Å². The lowest BCUT2D eigenvalue weighted by molar-refractivity contribution is 0.109. The summed E-state index contributed by atoms with van der Waals surface area (Å²) in [4.78, 5) is 14.6. The van der Waals surface area contributed by atoms with Crippen LogP contribution >= 0.6 is 0 Å². The second-order valence-electron chi connectivity index (χ2n) is 4.69. The third-order valence-corrected chi connectivity index (χ3v) is 2.96. The quantitative estimate of drug-likeness (QED) is 0.775. The van der Waals surface area contributed by atoms with Crippen molar-refractivity contribution < 1.29 is 14.3 Å². The second kappa shape index (κ2) is 9.41. The summed E-state index contributed by atoms with van der Waals surface area (Å²) in [5.74, 6) is 5.53. The zero-order valence-electron chi connectivity index (χ0n) is 12.7. The molecule has 0 saturated carbocycles. The van der Waals surface area contributed by atoms with Crippen LogP contribution in [0, 0.1) is 11.8 Å². The van der Waals surface area contributed by atoms with Crippen LogP contribution in [-0.2, 0) is 9.47 Å². The number of para-hydroxylation sites is 1. The molecular formula is C17H19N3O3. The highest BCUT2D eigenvalue weighted by molar-refractivity contribution is 5.79. The first-order valence-electron chi connectivity index (χ1n) is 7.30. The van der Waals surface area contributed by atoms with E-state index in [-0.39, 0.29) is 6.61 Å². The molecule has 3 rings (SSSR count). The molecule has 1 aromatic heterocycles. The van der Waals surface area contributed by atoms with Crippen molar-refractivity contribution in [1.29, 1.82) is 0 Å². The molecule has 1 aromatic carbocycles. The Morgan fingerprint density at radius 2 is 2.13 bits per heavy atom. The second-order valence-corrected chi connectivity index (χ2v) is 4.69. The number of benzene rings is 1. The highest BCUT2D eigenvalue weighted by Gasteiger charge is 1.94. The number of pyridine rings is 1. The molecule has 6 heteroatoms. The van der Waals surface area contributed by atoms with Crippen molar-refractivity contribution in [3.8, 4) is 11.8 Å². The van der Waals surface area contributed by atoms with Crippen molar-refractivity contribution >= 4 is 17.0 Å². The van der Waals surface area contributed by atoms with Crippen LogP contribution in [0.4, 0.5) is 4.79 Å². The van der Waals surface area contributed by atoms with Gasteiger partial charge >= 0.3 is 6.09 Å². The number of nitrogens with one attached hydrogen (secondary N) is 1. The van der Waals surface area contributed by atoms with Crippen LogP contribution in [0.3, 0.4) is 0 Å². The van der Waals surface area contributed by atoms with E-state index in [9.17, 15) is 4.79 Å². The molecule has 1 fully saturated rings. The Morgan fingerprint density at radius 1 is 1.35 bits per heavy atom. The predicted octanol–water partition coefficient (Wildman–Crippen LogP) is 1.29. The Morgan fingerprint density at radius 3 is 2.78 bits per heavy atom. The molecule has 0 bridgehead atoms. The molecule has 3 N–H and O–H groups in total. The maximum Gasteiger partial charge on any atom is 0.405 e. The van der Waals surface area contributed by atoms with Crippen LogP contribution in [0.15, 0.2) is 36.5 Å². The monoisotopic (exact) mass is 313 g/mol. The van der Waals surface area contributed by atoms with Crippen LogP contribution in [0.1, 0.15) is 5.56 Å². The van der Waals surface area contributed by atoms with E-state index in [1.807, 2.05) is 30.3 Å². The van der Waals surface area contributed by atoms with E-state index in [0.29, 0.717) is 0 Å². The van der Waals surface area contributed by atoms with E-state index in [1.54, 1.807) is 6.20 Å². The van der Waals surface area contributed by atoms with Crippen molar-refractivity contribution in [2.24, 2.45) is 5.73 Å². The fourth-order valence-electron chi connectivity index (χ4n) is 1.90. The average molecular weight is 313 g/mol. The van der Waals surface area contributed by atoms with Crippen molar-refractivity contribution in [3.05, 3.63) is 42.1 Å². The number of amides is 1. The zero-order valence-corrected chi connectivity index (χ0v) is 12.7. The molecule has 1 aliphatic heterocycles. The van der Waals surface area contributed by atoms with Gasteiger partial charge in [-0.2, -0.15) is 0 Å². The number of primary amides is 1. The Hall–Kier alpha value is -2.62. The van der Waals surface area contributed by atoms with E-state index in [4.69, 9.17) is 10.5 Å². The molecule has 0 unspecified atom stereocenters. The molecule has 120 valence electrons. The number of carbonyl (C=O) groups excluding carboxylic acids is 1. The molecule has 2 aromatic rings. The van der Waals surface area contributed by atoms with E-state index >= 15 is 0 Å². The lowest BCUT2D eigenvalue weighted by atomic mass is 10.2. The summed E-state index contributed by atoms with van der Waals surface area (Å²) < 4.78 is 9.50. The number of hydrogen-bond acceptors (Lipinski definition) is 5. The van der Waals surface area contributed by atoms with Gasteiger partial charge in [0.25, 0.3) is 0 Å². The Bertz CT molecular complexity index is 691. The van der Waals surface area contributed by atoms with E-state index in [0.717, 1.165) is 42.8 Å². The normalized spacial score (nSPS) is 13.2. The standard InChI is InChI=1S/C13H10N2O2.C4H9NO/c14-13(16)17-7-3-4-10-8-11-5-1-2-6-12(11)15-9-10;1-3-6-4-2-5-1/h1-2,5-6,8-9H,7H2,(H2,14,16);5H,1-4H2. The summed E-state index contributed by atoms with van der Waals surface area (Å²) >= 11 is 0. The van der Waals surface area contributed by atoms with Gasteiger partial charge in [-0.05, 0) is 12.1 Å². The van der Waals surface area contributed by atoms with E-state index in [2.05, 4.69) is 26.9 Å². The summed E-state index contributed by atoms with van der Waals surface area (Å²) in [6.07, 6.45) is 0.857. The number of ether oxygens (including phenoxy) is 2. The molecule has 1 amide bonds. The zero-order chi connectivity index (χ0) is 16.3. The van der Waals surface area contributed by atoms with Crippen molar-refractivity contribution in [2.75, 3.05) is 32.9 Å². The van der Waals surface area contributed by atoms with Crippen LogP contribution in [0.25, 0.3) is 10.9 Å². The number of carbonyl (C=O) groups is 1. The lowest BCUT2D eigenvalue weighted by Gasteiger charge is -2.10. The molecule has 23 heavy (non-hydrogen) atoms. The fraction of sp³-hybridized carbons (Fsp3) is 0.294. The van der Waals surface area contributed by atoms with Crippen LogP contribution in [-0.4, -0.2) is 44.0 Å². The van der Waals surface area contributed by atoms with Gasteiger partial charge < -0.3 is 20.5 Å². The SMILES string of the molecule is C1COCCN1.NC(=O)OCC#Cc1cnc2ccccc2c1. The van der Waals surface area contributed by atoms with Crippen molar-refractivity contribution in [2.45, 2.75) is 0 Å². The highest BCUT2D eigenvalue weighted by atomic mass is 16.5. The molecule has 0 atom stereocenters. The van der Waals surface area contributed by atoms with Crippen molar-refractivity contribution in [1.82, 2.24) is 10.3 Å². The average Bonchev–Trinajstić information content (AvgIpc) is 2.60. The summed E-state index contributed by atoms with van der Waals surface area (Å²) in [5.41, 5.74) is 6.50. The van der Waals surface area contributed by atoms with Gasteiger partial charge in [-0.15, -0.1) is 0 Å². The Balaban J connectivity index is 0.000000268. The summed E-state index contributed by atoms with van der Waals surface area (Å²) in [6, 6.07) is 9.70. The third kappa shape index (κ3) is 6.34. The van der Waals surface area contributed by atoms with Gasteiger partial charge in [0.05, 0.1) is 18.7 Å². The number of nitrogens with two attached hydrogens (primary N) is 1. The van der Waals surface area contributed by atoms with Gasteiger partial charge in [0, 0.05) is 30.2 Å². The third-order valence-electron chi connectivity index (χ3n) is 2.96. The number of morpholine rings is 1. The summed E-state index contributed by atoms with van der Waals surface area (Å²) in [6.45, 7) is 3.82. The van der Waals surface area contributed by atoms with Crippen LogP contribution in [0.5, 0.6) is 0 Å². The largest absolute Gasteiger partial charge is 0.437 e. The van der Waals surface area contributed by atoms with Gasteiger partial charge in [-0.25, -0.2) is 4.79 Å². The molecule has 0 spiro atoms. The van der Waals surface area contributed by atoms with Crippen LogP contribution in [0.2, 0.25) is 0 Å². The maximum absolute atomic E-state index is 10.3. The molecular weight excluding hydrogens is 294 g/mol. The van der Waals surface area contributed by atoms with Gasteiger partial charge in [0.1, 0.15) is 0 Å². The predicted molar refractivity (Wildman–Crippen MR) is 87.8 cm³/mol. The minimum absolute atomic E-state index is 0.0117. The summed E-state index contributed by atoms with van der Waals surface area (Å²) in [5, 5.41) is 4.18. The highest BCUT2D eigenvalue weighted by Crippen LogP contribution is 2.11. The molecule has 0 aliphatic carbocycles. The first-order valence-corrected chi connectivity index (χ1v) is 7.30. The topological polar surface area (TPSA) is 86.5 Å². The number of fused-ring (bicyclic) bond motifs is 1. The fourth-order valence-corrected chi connectivity index (χ4v) is 1.90.